The molecule has 0 radical (unpaired) electrons. The highest BCUT2D eigenvalue weighted by atomic mass is 127. The summed E-state index contributed by atoms with van der Waals surface area (Å²) < 4.78 is 7.71. The summed E-state index contributed by atoms with van der Waals surface area (Å²) in [7, 11) is 1.98. The van der Waals surface area contributed by atoms with Crippen molar-refractivity contribution in [3.63, 3.8) is 0 Å². The maximum atomic E-state index is 5.72. The van der Waals surface area contributed by atoms with Gasteiger partial charge in [0.15, 0.2) is 11.8 Å². The van der Waals surface area contributed by atoms with E-state index in [1.54, 1.807) is 0 Å². The van der Waals surface area contributed by atoms with E-state index in [4.69, 9.17) is 9.73 Å². The minimum Gasteiger partial charge on any atom is -0.494 e. The number of aliphatic imine (C=N–C) groups is 1. The first-order chi connectivity index (χ1) is 13.2. The smallest absolute Gasteiger partial charge is 0.192 e. The van der Waals surface area contributed by atoms with Crippen LogP contribution < -0.4 is 15.4 Å². The largest absolute Gasteiger partial charge is 0.494 e. The van der Waals surface area contributed by atoms with Gasteiger partial charge in [0.2, 0.25) is 0 Å². The molecule has 3 rings (SSSR count). The Bertz CT molecular complexity index is 770. The molecule has 0 unspecified atom stereocenters. The van der Waals surface area contributed by atoms with Crippen molar-refractivity contribution in [2.45, 2.75) is 58.7 Å². The van der Waals surface area contributed by atoms with Crippen molar-refractivity contribution < 1.29 is 4.74 Å². The molecule has 0 aliphatic heterocycles. The van der Waals surface area contributed by atoms with Crippen LogP contribution in [0.1, 0.15) is 49.8 Å². The third-order valence-corrected chi connectivity index (χ3v) is 4.97. The summed E-state index contributed by atoms with van der Waals surface area (Å²) in [5.74, 6) is 3.50. The van der Waals surface area contributed by atoms with Crippen LogP contribution in [0.4, 0.5) is 0 Å². The molecule has 0 bridgehead atoms. The fourth-order valence-electron chi connectivity index (χ4n) is 3.28. The Hall–Kier alpha value is -1.84. The van der Waals surface area contributed by atoms with E-state index in [0.717, 1.165) is 28.9 Å². The van der Waals surface area contributed by atoms with Gasteiger partial charge in [0.1, 0.15) is 11.6 Å². The van der Waals surface area contributed by atoms with Crippen LogP contribution in [-0.4, -0.2) is 33.4 Å². The molecule has 1 heterocycles. The first kappa shape index (κ1) is 22.4. The lowest BCUT2D eigenvalue weighted by Crippen LogP contribution is -2.42. The molecule has 0 atom stereocenters. The Morgan fingerprint density at radius 2 is 2.00 bits per heavy atom. The molecule has 1 fully saturated rings. The van der Waals surface area contributed by atoms with Crippen molar-refractivity contribution in [3.8, 4) is 5.75 Å². The third kappa shape index (κ3) is 6.08. The molecule has 1 saturated carbocycles. The zero-order valence-electron chi connectivity index (χ0n) is 16.9. The van der Waals surface area contributed by atoms with E-state index < -0.39 is 0 Å². The third-order valence-electron chi connectivity index (χ3n) is 4.97. The number of ether oxygens (including phenoxy) is 1. The number of para-hydroxylation sites is 1. The fourth-order valence-corrected chi connectivity index (χ4v) is 3.28. The van der Waals surface area contributed by atoms with Crippen molar-refractivity contribution in [1.82, 2.24) is 25.4 Å². The number of aryl methyl sites for hydroxylation is 1. The van der Waals surface area contributed by atoms with Gasteiger partial charge in [-0.3, -0.25) is 0 Å². The number of aromatic nitrogens is 3. The van der Waals surface area contributed by atoms with Gasteiger partial charge >= 0.3 is 0 Å². The molecule has 1 aromatic carbocycles. The Labute approximate surface area is 184 Å². The molecule has 1 aliphatic carbocycles. The molecular formula is C20H31IN6O. The molecule has 28 heavy (non-hydrogen) atoms. The molecule has 8 heteroatoms. The van der Waals surface area contributed by atoms with Crippen molar-refractivity contribution in [1.29, 1.82) is 0 Å². The fraction of sp³-hybridized carbons (Fsp3) is 0.550. The van der Waals surface area contributed by atoms with Crippen LogP contribution in [0.2, 0.25) is 0 Å². The van der Waals surface area contributed by atoms with Crippen LogP contribution in [0.25, 0.3) is 0 Å². The minimum absolute atomic E-state index is 0. The summed E-state index contributed by atoms with van der Waals surface area (Å²) in [6, 6.07) is 8.55. The van der Waals surface area contributed by atoms with Gasteiger partial charge < -0.3 is 19.9 Å². The highest BCUT2D eigenvalue weighted by molar-refractivity contribution is 14.0. The SMILES string of the molecule is CCOc1ccccc1CN=C(NCc1nnc(C)n1C)NC1CCCC1.I. The number of hydrogen-bond acceptors (Lipinski definition) is 4. The van der Waals surface area contributed by atoms with Crippen molar-refractivity contribution in [2.24, 2.45) is 12.0 Å². The monoisotopic (exact) mass is 498 g/mol. The molecule has 0 saturated heterocycles. The number of nitrogens with one attached hydrogen (secondary N) is 2. The van der Waals surface area contributed by atoms with E-state index in [-0.39, 0.29) is 24.0 Å². The number of nitrogens with zero attached hydrogens (tertiary/aromatic N) is 4. The lowest BCUT2D eigenvalue weighted by Gasteiger charge is -2.17. The summed E-state index contributed by atoms with van der Waals surface area (Å²) >= 11 is 0. The summed E-state index contributed by atoms with van der Waals surface area (Å²) in [5.41, 5.74) is 1.08. The number of benzene rings is 1. The highest BCUT2D eigenvalue weighted by Crippen LogP contribution is 2.19. The van der Waals surface area contributed by atoms with Gasteiger partial charge in [-0.25, -0.2) is 4.99 Å². The van der Waals surface area contributed by atoms with Crippen LogP contribution in [0.3, 0.4) is 0 Å². The second-order valence-corrected chi connectivity index (χ2v) is 6.91. The van der Waals surface area contributed by atoms with E-state index in [0.29, 0.717) is 25.7 Å². The topological polar surface area (TPSA) is 76.4 Å². The first-order valence-electron chi connectivity index (χ1n) is 9.77. The van der Waals surface area contributed by atoms with Gasteiger partial charge in [-0.15, -0.1) is 34.2 Å². The Morgan fingerprint density at radius 1 is 1.25 bits per heavy atom. The van der Waals surface area contributed by atoms with Crippen LogP contribution >= 0.6 is 24.0 Å². The number of halogens is 1. The maximum absolute atomic E-state index is 5.72. The van der Waals surface area contributed by atoms with E-state index in [1.807, 2.05) is 43.7 Å². The molecule has 2 N–H and O–H groups in total. The number of rotatable bonds is 7. The second-order valence-electron chi connectivity index (χ2n) is 6.91. The molecule has 2 aromatic rings. The summed E-state index contributed by atoms with van der Waals surface area (Å²) in [4.78, 5) is 4.81. The molecule has 0 amide bonds. The second kappa shape index (κ2) is 11.2. The van der Waals surface area contributed by atoms with Gasteiger partial charge in [-0.1, -0.05) is 31.0 Å². The molecule has 1 aliphatic rings. The summed E-state index contributed by atoms with van der Waals surface area (Å²) in [6.07, 6.45) is 4.94. The average molecular weight is 498 g/mol. The minimum atomic E-state index is 0. The Balaban J connectivity index is 0.00000280. The number of hydrogen-bond donors (Lipinski definition) is 2. The predicted octanol–water partition coefficient (Wildman–Crippen LogP) is 3.32. The van der Waals surface area contributed by atoms with E-state index in [1.165, 1.54) is 25.7 Å². The summed E-state index contributed by atoms with van der Waals surface area (Å²) in [6.45, 7) is 5.75. The van der Waals surface area contributed by atoms with Crippen molar-refractivity contribution in [2.75, 3.05) is 6.61 Å². The van der Waals surface area contributed by atoms with Crippen LogP contribution in [0, 0.1) is 6.92 Å². The lowest BCUT2D eigenvalue weighted by atomic mass is 10.2. The van der Waals surface area contributed by atoms with Gasteiger partial charge in [-0.05, 0) is 32.8 Å². The molecule has 154 valence electrons. The molecule has 0 spiro atoms. The number of guanidine groups is 1. The van der Waals surface area contributed by atoms with Gasteiger partial charge in [0.25, 0.3) is 0 Å². The molecule has 1 aromatic heterocycles. The van der Waals surface area contributed by atoms with Crippen molar-refractivity contribution in [3.05, 3.63) is 41.5 Å². The zero-order chi connectivity index (χ0) is 19.1. The van der Waals surface area contributed by atoms with Crippen molar-refractivity contribution >= 4 is 29.9 Å². The van der Waals surface area contributed by atoms with E-state index in [2.05, 4.69) is 26.9 Å². The maximum Gasteiger partial charge on any atom is 0.192 e. The zero-order valence-corrected chi connectivity index (χ0v) is 19.3. The quantitative estimate of drug-likeness (QED) is 0.348. The van der Waals surface area contributed by atoms with Crippen LogP contribution in [0.5, 0.6) is 5.75 Å². The standard InChI is InChI=1S/C20H30N6O.HI/c1-4-27-18-12-8-5-9-16(18)13-21-20(23-17-10-6-7-11-17)22-14-19-25-24-15(2)26(19)3;/h5,8-9,12,17H,4,6-7,10-11,13-14H2,1-3H3,(H2,21,22,23);1H. The van der Waals surface area contributed by atoms with Gasteiger partial charge in [0, 0.05) is 18.7 Å². The van der Waals surface area contributed by atoms with Crippen LogP contribution in [-0.2, 0) is 20.1 Å². The van der Waals surface area contributed by atoms with E-state index >= 15 is 0 Å². The van der Waals surface area contributed by atoms with Gasteiger partial charge in [0.05, 0.1) is 19.7 Å². The normalized spacial score (nSPS) is 14.6. The average Bonchev–Trinajstić information content (AvgIpc) is 3.30. The first-order valence-corrected chi connectivity index (χ1v) is 9.77. The predicted molar refractivity (Wildman–Crippen MR) is 122 cm³/mol. The summed E-state index contributed by atoms with van der Waals surface area (Å²) in [5, 5.41) is 15.3. The van der Waals surface area contributed by atoms with E-state index in [9.17, 15) is 0 Å². The Morgan fingerprint density at radius 3 is 2.68 bits per heavy atom. The highest BCUT2D eigenvalue weighted by Gasteiger charge is 2.17. The van der Waals surface area contributed by atoms with Gasteiger partial charge in [-0.2, -0.15) is 0 Å². The van der Waals surface area contributed by atoms with Crippen LogP contribution in [0.15, 0.2) is 29.3 Å². The lowest BCUT2D eigenvalue weighted by molar-refractivity contribution is 0.336. The molecule has 7 nitrogen and oxygen atoms in total. The molecular weight excluding hydrogens is 467 g/mol. The Kier molecular flexibility index (Phi) is 9.01.